The van der Waals surface area contributed by atoms with Gasteiger partial charge in [-0.15, -0.1) is 0 Å². The Labute approximate surface area is 77.8 Å². The van der Waals surface area contributed by atoms with Gasteiger partial charge in [-0.25, -0.2) is 4.98 Å². The van der Waals surface area contributed by atoms with Crippen LogP contribution in [-0.4, -0.2) is 14.8 Å². The zero-order valence-corrected chi connectivity index (χ0v) is 8.61. The molecule has 0 atom stereocenters. The number of aryl methyl sites for hydroxylation is 1. The Balaban J connectivity index is 2.94. The summed E-state index contributed by atoms with van der Waals surface area (Å²) in [6.45, 7) is 4.33. The minimum atomic E-state index is 0.521. The predicted octanol–water partition coefficient (Wildman–Crippen LogP) is 2.38. The first-order chi connectivity index (χ1) is 5.69. The standard InChI is InChI=1S/C8H15N3S/c1-4-6(5-2)7-9-8(12)11(3)10-7/h6H,4-5H2,1-3H3,(H,9,10,12). The van der Waals surface area contributed by atoms with Gasteiger partial charge in [-0.1, -0.05) is 13.8 Å². The number of aromatic nitrogens is 3. The largest absolute Gasteiger partial charge is 0.283 e. The van der Waals surface area contributed by atoms with Gasteiger partial charge in [-0.3, -0.25) is 9.78 Å². The molecule has 0 bridgehead atoms. The number of H-pyrrole nitrogens is 1. The smallest absolute Gasteiger partial charge is 0.215 e. The summed E-state index contributed by atoms with van der Waals surface area (Å²) in [6, 6.07) is 0. The molecule has 0 spiro atoms. The molecule has 0 fully saturated rings. The van der Waals surface area contributed by atoms with Gasteiger partial charge in [0, 0.05) is 13.0 Å². The van der Waals surface area contributed by atoms with E-state index in [2.05, 4.69) is 23.9 Å². The van der Waals surface area contributed by atoms with Crippen LogP contribution in [0.5, 0.6) is 0 Å². The SMILES string of the molecule is CCC(CC)c1nc(=S)n(C)[nH]1. The molecular formula is C8H15N3S. The van der Waals surface area contributed by atoms with Crippen LogP contribution in [0.1, 0.15) is 38.4 Å². The monoisotopic (exact) mass is 185 g/mol. The van der Waals surface area contributed by atoms with Crippen LogP contribution in [0.3, 0.4) is 0 Å². The second-order valence-electron chi connectivity index (χ2n) is 2.96. The van der Waals surface area contributed by atoms with Crippen molar-refractivity contribution in [1.82, 2.24) is 14.8 Å². The summed E-state index contributed by atoms with van der Waals surface area (Å²) < 4.78 is 2.42. The van der Waals surface area contributed by atoms with Gasteiger partial charge in [-0.2, -0.15) is 0 Å². The fourth-order valence-corrected chi connectivity index (χ4v) is 1.42. The highest BCUT2D eigenvalue weighted by Crippen LogP contribution is 2.18. The Kier molecular flexibility index (Phi) is 3.03. The molecule has 1 aromatic heterocycles. The highest BCUT2D eigenvalue weighted by molar-refractivity contribution is 7.71. The summed E-state index contributed by atoms with van der Waals surface area (Å²) in [6.07, 6.45) is 2.22. The van der Waals surface area contributed by atoms with E-state index in [0.717, 1.165) is 18.7 Å². The lowest BCUT2D eigenvalue weighted by molar-refractivity contribution is 0.592. The average Bonchev–Trinajstić information content (AvgIpc) is 2.35. The maximum absolute atomic E-state index is 5.01. The van der Waals surface area contributed by atoms with E-state index in [1.165, 1.54) is 0 Å². The topological polar surface area (TPSA) is 33.6 Å². The Bertz CT molecular complexity index is 295. The van der Waals surface area contributed by atoms with Crippen LogP contribution >= 0.6 is 12.2 Å². The van der Waals surface area contributed by atoms with Crippen molar-refractivity contribution in [3.8, 4) is 0 Å². The Morgan fingerprint density at radius 3 is 2.42 bits per heavy atom. The fourth-order valence-electron chi connectivity index (χ4n) is 1.28. The highest BCUT2D eigenvalue weighted by Gasteiger charge is 2.10. The predicted molar refractivity (Wildman–Crippen MR) is 51.7 cm³/mol. The first kappa shape index (κ1) is 9.45. The van der Waals surface area contributed by atoms with Gasteiger partial charge in [0.05, 0.1) is 0 Å². The van der Waals surface area contributed by atoms with E-state index in [1.807, 2.05) is 7.05 Å². The molecule has 1 N–H and O–H groups in total. The Hall–Kier alpha value is -0.640. The summed E-state index contributed by atoms with van der Waals surface area (Å²) in [5.74, 6) is 1.54. The first-order valence-electron chi connectivity index (χ1n) is 4.32. The number of hydrogen-bond acceptors (Lipinski definition) is 2. The third-order valence-corrected chi connectivity index (χ3v) is 2.52. The van der Waals surface area contributed by atoms with Crippen molar-refractivity contribution < 1.29 is 0 Å². The minimum absolute atomic E-state index is 0.521. The van der Waals surface area contributed by atoms with Crippen molar-refractivity contribution in [2.75, 3.05) is 0 Å². The molecule has 0 saturated carbocycles. The summed E-state index contributed by atoms with van der Waals surface area (Å²) in [5, 5.41) is 3.15. The molecule has 12 heavy (non-hydrogen) atoms. The molecule has 1 aromatic rings. The summed E-state index contributed by atoms with van der Waals surface area (Å²) in [7, 11) is 1.89. The van der Waals surface area contributed by atoms with E-state index >= 15 is 0 Å². The second-order valence-corrected chi connectivity index (χ2v) is 3.33. The minimum Gasteiger partial charge on any atom is -0.283 e. The number of aromatic amines is 1. The molecule has 0 aliphatic rings. The highest BCUT2D eigenvalue weighted by atomic mass is 32.1. The third-order valence-electron chi connectivity index (χ3n) is 2.16. The lowest BCUT2D eigenvalue weighted by Gasteiger charge is -2.06. The quantitative estimate of drug-likeness (QED) is 0.733. The molecule has 0 radical (unpaired) electrons. The van der Waals surface area contributed by atoms with Gasteiger partial charge in [0.15, 0.2) is 0 Å². The zero-order valence-electron chi connectivity index (χ0n) is 7.79. The van der Waals surface area contributed by atoms with Crippen LogP contribution in [0.25, 0.3) is 0 Å². The van der Waals surface area contributed by atoms with Crippen LogP contribution in [0.4, 0.5) is 0 Å². The molecule has 4 heteroatoms. The van der Waals surface area contributed by atoms with E-state index in [-0.39, 0.29) is 0 Å². The second kappa shape index (κ2) is 3.85. The van der Waals surface area contributed by atoms with E-state index in [9.17, 15) is 0 Å². The van der Waals surface area contributed by atoms with Crippen molar-refractivity contribution in [1.29, 1.82) is 0 Å². The van der Waals surface area contributed by atoms with E-state index in [1.54, 1.807) is 4.68 Å². The van der Waals surface area contributed by atoms with Crippen molar-refractivity contribution >= 4 is 12.2 Å². The third kappa shape index (κ3) is 1.75. The molecule has 0 aliphatic carbocycles. The molecule has 0 aliphatic heterocycles. The van der Waals surface area contributed by atoms with Crippen molar-refractivity contribution in [2.24, 2.45) is 7.05 Å². The molecule has 3 nitrogen and oxygen atoms in total. The maximum Gasteiger partial charge on any atom is 0.215 e. The fraction of sp³-hybridized carbons (Fsp3) is 0.750. The van der Waals surface area contributed by atoms with E-state index in [0.29, 0.717) is 10.7 Å². The number of nitrogens with one attached hydrogen (secondary N) is 1. The van der Waals surface area contributed by atoms with Crippen LogP contribution in [0, 0.1) is 4.77 Å². The van der Waals surface area contributed by atoms with Gasteiger partial charge >= 0.3 is 0 Å². The van der Waals surface area contributed by atoms with E-state index < -0.39 is 0 Å². The summed E-state index contributed by atoms with van der Waals surface area (Å²) in [5.41, 5.74) is 0. The Morgan fingerprint density at radius 1 is 1.50 bits per heavy atom. The van der Waals surface area contributed by atoms with Crippen molar-refractivity contribution in [3.05, 3.63) is 10.6 Å². The lowest BCUT2D eigenvalue weighted by Crippen LogP contribution is -1.99. The van der Waals surface area contributed by atoms with Crippen LogP contribution in [-0.2, 0) is 7.05 Å². The van der Waals surface area contributed by atoms with Crippen LogP contribution in [0.15, 0.2) is 0 Å². The van der Waals surface area contributed by atoms with Crippen molar-refractivity contribution in [3.63, 3.8) is 0 Å². The number of nitrogens with zero attached hydrogens (tertiary/aromatic N) is 2. The van der Waals surface area contributed by atoms with Gasteiger partial charge in [-0.05, 0) is 25.1 Å². The zero-order chi connectivity index (χ0) is 9.14. The van der Waals surface area contributed by atoms with Crippen molar-refractivity contribution in [2.45, 2.75) is 32.6 Å². The summed E-state index contributed by atoms with van der Waals surface area (Å²) >= 11 is 5.01. The van der Waals surface area contributed by atoms with Crippen LogP contribution in [0.2, 0.25) is 0 Å². The van der Waals surface area contributed by atoms with E-state index in [4.69, 9.17) is 12.2 Å². The molecule has 68 valence electrons. The number of rotatable bonds is 3. The normalized spacial score (nSPS) is 11.0. The molecule has 1 rings (SSSR count). The lowest BCUT2D eigenvalue weighted by atomic mass is 10.0. The molecular weight excluding hydrogens is 170 g/mol. The van der Waals surface area contributed by atoms with Gasteiger partial charge in [0.25, 0.3) is 0 Å². The molecule has 1 heterocycles. The molecule has 0 amide bonds. The average molecular weight is 185 g/mol. The maximum atomic E-state index is 5.01. The Morgan fingerprint density at radius 2 is 2.08 bits per heavy atom. The molecule has 0 aromatic carbocycles. The van der Waals surface area contributed by atoms with Gasteiger partial charge in [0.1, 0.15) is 5.82 Å². The number of hydrogen-bond donors (Lipinski definition) is 1. The summed E-state index contributed by atoms with van der Waals surface area (Å²) in [4.78, 5) is 4.27. The first-order valence-corrected chi connectivity index (χ1v) is 4.72. The van der Waals surface area contributed by atoms with Crippen LogP contribution < -0.4 is 0 Å². The molecule has 0 saturated heterocycles. The molecule has 0 unspecified atom stereocenters. The van der Waals surface area contributed by atoms with Gasteiger partial charge < -0.3 is 0 Å². The van der Waals surface area contributed by atoms with Gasteiger partial charge in [0.2, 0.25) is 4.77 Å².